The van der Waals surface area contributed by atoms with E-state index < -0.39 is 17.9 Å². The Morgan fingerprint density at radius 3 is 2.47 bits per heavy atom. The van der Waals surface area contributed by atoms with Gasteiger partial charge in [0.25, 0.3) is 0 Å². The van der Waals surface area contributed by atoms with Gasteiger partial charge in [-0.2, -0.15) is 0 Å². The molecule has 4 amide bonds. The number of piperidine rings is 1. The van der Waals surface area contributed by atoms with Crippen LogP contribution < -0.4 is 20.9 Å². The first-order valence-corrected chi connectivity index (χ1v) is 11.3. The maximum absolute atomic E-state index is 13.0. The summed E-state index contributed by atoms with van der Waals surface area (Å²) in [5.41, 5.74) is 2.96. The van der Waals surface area contributed by atoms with Crippen LogP contribution in [0.1, 0.15) is 38.2 Å². The zero-order valence-corrected chi connectivity index (χ0v) is 19.3. The second kappa shape index (κ2) is 11.3. The van der Waals surface area contributed by atoms with Crippen LogP contribution in [-0.4, -0.2) is 41.5 Å². The molecule has 180 valence electrons. The minimum Gasteiger partial charge on any atom is -0.481 e. The Hall–Kier alpha value is -3.88. The van der Waals surface area contributed by atoms with Crippen LogP contribution in [0.25, 0.3) is 0 Å². The van der Waals surface area contributed by atoms with E-state index in [4.69, 9.17) is 5.11 Å². The number of carbonyl (C=O) groups excluding carboxylic acids is 3. The number of hydrogen-bond donors (Lipinski definition) is 4. The van der Waals surface area contributed by atoms with Gasteiger partial charge in [0.05, 0.1) is 6.42 Å². The second-order valence-corrected chi connectivity index (χ2v) is 8.54. The molecule has 0 spiro atoms. The normalized spacial score (nSPS) is 16.5. The molecule has 4 N–H and O–H groups in total. The minimum atomic E-state index is -0.988. The molecule has 0 radical (unpaired) electrons. The van der Waals surface area contributed by atoms with Crippen molar-refractivity contribution < 1.29 is 24.3 Å². The molecule has 0 saturated carbocycles. The van der Waals surface area contributed by atoms with Crippen LogP contribution in [0.3, 0.4) is 0 Å². The number of carboxylic acid groups (broad SMARTS) is 1. The van der Waals surface area contributed by atoms with E-state index in [-0.39, 0.29) is 30.7 Å². The molecule has 1 saturated heterocycles. The number of rotatable bonds is 8. The standard InChI is InChI=1S/C25H30N4O5/c1-16-6-3-4-8-21(16)28-25(34)27-19-9-11-20(12-10-19)29-13-5-7-18(24(29)33)15-22(30)26-17(2)14-23(31)32/h3-4,6,8-12,17-18H,5,7,13-15H2,1-2H3,(H,26,30)(H,31,32)(H2,27,28,34). The van der Waals surface area contributed by atoms with Crippen molar-refractivity contribution in [3.63, 3.8) is 0 Å². The lowest BCUT2D eigenvalue weighted by Crippen LogP contribution is -2.44. The molecule has 2 atom stereocenters. The first-order valence-electron chi connectivity index (χ1n) is 11.3. The highest BCUT2D eigenvalue weighted by molar-refractivity contribution is 6.01. The van der Waals surface area contributed by atoms with Crippen molar-refractivity contribution >= 4 is 40.9 Å². The summed E-state index contributed by atoms with van der Waals surface area (Å²) in [6, 6.07) is 13.6. The molecule has 0 bridgehead atoms. The summed E-state index contributed by atoms with van der Waals surface area (Å²) < 4.78 is 0. The van der Waals surface area contributed by atoms with Crippen molar-refractivity contribution in [2.75, 3.05) is 22.1 Å². The molecule has 0 aromatic heterocycles. The predicted molar refractivity (Wildman–Crippen MR) is 130 cm³/mol. The van der Waals surface area contributed by atoms with Gasteiger partial charge in [0.2, 0.25) is 11.8 Å². The predicted octanol–water partition coefficient (Wildman–Crippen LogP) is 3.75. The van der Waals surface area contributed by atoms with Gasteiger partial charge in [-0.05, 0) is 62.6 Å². The number of para-hydroxylation sites is 1. The quantitative estimate of drug-likeness (QED) is 0.471. The highest BCUT2D eigenvalue weighted by Gasteiger charge is 2.31. The van der Waals surface area contributed by atoms with Crippen molar-refractivity contribution in [1.82, 2.24) is 5.32 Å². The minimum absolute atomic E-state index is 0.0258. The molecule has 9 heteroatoms. The zero-order valence-electron chi connectivity index (χ0n) is 19.3. The van der Waals surface area contributed by atoms with Crippen LogP contribution in [-0.2, 0) is 14.4 Å². The van der Waals surface area contributed by atoms with E-state index in [1.807, 2.05) is 31.2 Å². The Kier molecular flexibility index (Phi) is 8.24. The largest absolute Gasteiger partial charge is 0.481 e. The molecular formula is C25H30N4O5. The Bertz CT molecular complexity index is 1050. The Morgan fingerprint density at radius 1 is 1.09 bits per heavy atom. The van der Waals surface area contributed by atoms with E-state index in [0.29, 0.717) is 24.3 Å². The molecule has 1 aliphatic rings. The van der Waals surface area contributed by atoms with E-state index in [1.165, 1.54) is 0 Å². The van der Waals surface area contributed by atoms with Gasteiger partial charge in [0.15, 0.2) is 0 Å². The Morgan fingerprint density at radius 2 is 1.79 bits per heavy atom. The number of amides is 4. The number of aryl methyl sites for hydroxylation is 1. The molecule has 0 aliphatic carbocycles. The third kappa shape index (κ3) is 6.81. The lowest BCUT2D eigenvalue weighted by atomic mass is 9.93. The number of anilines is 3. The molecule has 1 heterocycles. The smallest absolute Gasteiger partial charge is 0.323 e. The molecule has 1 fully saturated rings. The lowest BCUT2D eigenvalue weighted by molar-refractivity contribution is -0.138. The summed E-state index contributed by atoms with van der Waals surface area (Å²) in [5.74, 6) is -1.90. The van der Waals surface area contributed by atoms with Crippen molar-refractivity contribution in [3.8, 4) is 0 Å². The molecule has 2 aromatic rings. The topological polar surface area (TPSA) is 128 Å². The summed E-state index contributed by atoms with van der Waals surface area (Å²) >= 11 is 0. The number of nitrogens with zero attached hydrogens (tertiary/aromatic N) is 1. The van der Waals surface area contributed by atoms with Gasteiger partial charge in [-0.25, -0.2) is 4.79 Å². The summed E-state index contributed by atoms with van der Waals surface area (Å²) in [5, 5.41) is 17.1. The first-order chi connectivity index (χ1) is 16.2. The van der Waals surface area contributed by atoms with Gasteiger partial charge in [-0.3, -0.25) is 14.4 Å². The van der Waals surface area contributed by atoms with Gasteiger partial charge in [-0.1, -0.05) is 18.2 Å². The number of carboxylic acids is 1. The molecule has 2 unspecified atom stereocenters. The van der Waals surface area contributed by atoms with Gasteiger partial charge in [0, 0.05) is 42.0 Å². The average molecular weight is 467 g/mol. The number of carbonyl (C=O) groups is 4. The number of aliphatic carboxylic acids is 1. The number of urea groups is 1. The van der Waals surface area contributed by atoms with Crippen LogP contribution in [0.5, 0.6) is 0 Å². The van der Waals surface area contributed by atoms with Crippen molar-refractivity contribution in [2.24, 2.45) is 5.92 Å². The van der Waals surface area contributed by atoms with Crippen LogP contribution in [0.4, 0.5) is 21.9 Å². The summed E-state index contributed by atoms with van der Waals surface area (Å²) in [7, 11) is 0. The van der Waals surface area contributed by atoms with Gasteiger partial charge >= 0.3 is 12.0 Å². The van der Waals surface area contributed by atoms with Gasteiger partial charge < -0.3 is 26.0 Å². The van der Waals surface area contributed by atoms with Crippen LogP contribution in [0.2, 0.25) is 0 Å². The molecular weight excluding hydrogens is 436 g/mol. The number of hydrogen-bond acceptors (Lipinski definition) is 4. The van der Waals surface area contributed by atoms with Crippen LogP contribution >= 0.6 is 0 Å². The van der Waals surface area contributed by atoms with E-state index in [0.717, 1.165) is 17.7 Å². The fourth-order valence-corrected chi connectivity index (χ4v) is 3.99. The van der Waals surface area contributed by atoms with Crippen LogP contribution in [0, 0.1) is 12.8 Å². The highest BCUT2D eigenvalue weighted by Crippen LogP contribution is 2.27. The molecule has 34 heavy (non-hydrogen) atoms. The molecule has 2 aromatic carbocycles. The maximum atomic E-state index is 13.0. The summed E-state index contributed by atoms with van der Waals surface area (Å²) in [4.78, 5) is 50.0. The SMILES string of the molecule is Cc1ccccc1NC(=O)Nc1ccc(N2CCCC(CC(=O)NC(C)CC(=O)O)C2=O)cc1. The highest BCUT2D eigenvalue weighted by atomic mass is 16.4. The van der Waals surface area contributed by atoms with Crippen molar-refractivity contribution in [1.29, 1.82) is 0 Å². The third-order valence-corrected chi connectivity index (χ3v) is 5.70. The average Bonchev–Trinajstić information content (AvgIpc) is 2.77. The van der Waals surface area contributed by atoms with E-state index in [2.05, 4.69) is 16.0 Å². The maximum Gasteiger partial charge on any atom is 0.323 e. The lowest BCUT2D eigenvalue weighted by Gasteiger charge is -2.32. The van der Waals surface area contributed by atoms with E-state index >= 15 is 0 Å². The van der Waals surface area contributed by atoms with Crippen molar-refractivity contribution in [2.45, 2.75) is 45.6 Å². The molecule has 3 rings (SSSR count). The number of benzene rings is 2. The van der Waals surface area contributed by atoms with Crippen LogP contribution in [0.15, 0.2) is 48.5 Å². The second-order valence-electron chi connectivity index (χ2n) is 8.54. The molecule has 9 nitrogen and oxygen atoms in total. The monoisotopic (exact) mass is 466 g/mol. The summed E-state index contributed by atoms with van der Waals surface area (Å²) in [6.07, 6.45) is 1.22. The van der Waals surface area contributed by atoms with Gasteiger partial charge in [-0.15, -0.1) is 0 Å². The summed E-state index contributed by atoms with van der Waals surface area (Å²) in [6.45, 7) is 4.08. The van der Waals surface area contributed by atoms with Gasteiger partial charge in [0.1, 0.15) is 0 Å². The Balaban J connectivity index is 1.56. The first kappa shape index (κ1) is 24.8. The van der Waals surface area contributed by atoms with Crippen molar-refractivity contribution in [3.05, 3.63) is 54.1 Å². The Labute approximate surface area is 198 Å². The van der Waals surface area contributed by atoms with E-state index in [1.54, 1.807) is 36.1 Å². The zero-order chi connectivity index (χ0) is 24.7. The fourth-order valence-electron chi connectivity index (χ4n) is 3.99. The van der Waals surface area contributed by atoms with E-state index in [9.17, 15) is 19.2 Å². The number of nitrogens with one attached hydrogen (secondary N) is 3. The third-order valence-electron chi connectivity index (χ3n) is 5.70. The fraction of sp³-hybridized carbons (Fsp3) is 0.360. The molecule has 1 aliphatic heterocycles.